The van der Waals surface area contributed by atoms with Crippen LogP contribution in [-0.2, 0) is 0 Å². The van der Waals surface area contributed by atoms with Crippen LogP contribution in [0.3, 0.4) is 0 Å². The van der Waals surface area contributed by atoms with E-state index in [4.69, 9.17) is 0 Å². The van der Waals surface area contributed by atoms with Crippen LogP contribution in [0, 0.1) is 5.82 Å². The van der Waals surface area contributed by atoms with Crippen LogP contribution in [0.1, 0.15) is 42.8 Å². The van der Waals surface area contributed by atoms with Gasteiger partial charge in [-0.3, -0.25) is 0 Å². The lowest BCUT2D eigenvalue weighted by molar-refractivity contribution is 0.447. The standard InChI is InChI=1S/C15H17BrFNS/c1-3-14(15-5-4-8-19-15)18-10(2)12-7-6-11(16)9-13(12)17/h4-10,14,18H,3H2,1-2H3. The molecule has 1 aromatic carbocycles. The molecule has 0 radical (unpaired) electrons. The molecule has 2 rings (SSSR count). The molecule has 0 fully saturated rings. The number of halogens is 2. The van der Waals surface area contributed by atoms with Crippen LogP contribution in [0.15, 0.2) is 40.2 Å². The van der Waals surface area contributed by atoms with Gasteiger partial charge in [-0.15, -0.1) is 11.3 Å². The molecule has 0 aliphatic rings. The van der Waals surface area contributed by atoms with Crippen LogP contribution in [0.25, 0.3) is 0 Å². The highest BCUT2D eigenvalue weighted by Crippen LogP contribution is 2.27. The fourth-order valence-corrected chi connectivity index (χ4v) is 3.34. The molecule has 0 saturated heterocycles. The summed E-state index contributed by atoms with van der Waals surface area (Å²) in [6, 6.07) is 9.66. The van der Waals surface area contributed by atoms with Gasteiger partial charge < -0.3 is 5.32 Å². The summed E-state index contributed by atoms with van der Waals surface area (Å²) < 4.78 is 14.7. The van der Waals surface area contributed by atoms with Crippen molar-refractivity contribution in [2.24, 2.45) is 0 Å². The van der Waals surface area contributed by atoms with Crippen molar-refractivity contribution >= 4 is 27.3 Å². The Balaban J connectivity index is 2.13. The molecule has 19 heavy (non-hydrogen) atoms. The van der Waals surface area contributed by atoms with Crippen molar-refractivity contribution in [1.29, 1.82) is 0 Å². The van der Waals surface area contributed by atoms with E-state index in [1.165, 1.54) is 10.9 Å². The van der Waals surface area contributed by atoms with Gasteiger partial charge >= 0.3 is 0 Å². The van der Waals surface area contributed by atoms with Gasteiger partial charge in [0, 0.05) is 27.0 Å². The number of hydrogen-bond acceptors (Lipinski definition) is 2. The van der Waals surface area contributed by atoms with Gasteiger partial charge in [0.2, 0.25) is 0 Å². The highest BCUT2D eigenvalue weighted by molar-refractivity contribution is 9.10. The normalized spacial score (nSPS) is 14.3. The second-order valence-corrected chi connectivity index (χ2v) is 6.43. The van der Waals surface area contributed by atoms with Crippen molar-refractivity contribution in [3.05, 3.63) is 56.4 Å². The molecule has 4 heteroatoms. The molecular weight excluding hydrogens is 325 g/mol. The number of thiophene rings is 1. The van der Waals surface area contributed by atoms with Gasteiger partial charge in [-0.05, 0) is 36.9 Å². The average Bonchev–Trinajstić information content (AvgIpc) is 2.89. The van der Waals surface area contributed by atoms with Crippen LogP contribution in [-0.4, -0.2) is 0 Å². The summed E-state index contributed by atoms with van der Waals surface area (Å²) in [7, 11) is 0. The average molecular weight is 342 g/mol. The Labute approximate surface area is 126 Å². The number of benzene rings is 1. The lowest BCUT2D eigenvalue weighted by atomic mass is 10.1. The first kappa shape index (κ1) is 14.7. The summed E-state index contributed by atoms with van der Waals surface area (Å²) in [4.78, 5) is 1.30. The molecule has 0 amide bonds. The quantitative estimate of drug-likeness (QED) is 0.762. The molecule has 102 valence electrons. The van der Waals surface area contributed by atoms with Crippen molar-refractivity contribution < 1.29 is 4.39 Å². The molecule has 1 heterocycles. The number of nitrogens with one attached hydrogen (secondary N) is 1. The van der Waals surface area contributed by atoms with Crippen LogP contribution in [0.2, 0.25) is 0 Å². The van der Waals surface area contributed by atoms with Crippen molar-refractivity contribution in [2.75, 3.05) is 0 Å². The molecule has 1 aromatic heterocycles. The van der Waals surface area contributed by atoms with Gasteiger partial charge in [-0.25, -0.2) is 4.39 Å². The third-order valence-electron chi connectivity index (χ3n) is 3.18. The van der Waals surface area contributed by atoms with Gasteiger partial charge in [0.25, 0.3) is 0 Å². The van der Waals surface area contributed by atoms with Gasteiger partial charge in [0.1, 0.15) is 5.82 Å². The topological polar surface area (TPSA) is 12.0 Å². The zero-order valence-corrected chi connectivity index (χ0v) is 13.4. The summed E-state index contributed by atoms with van der Waals surface area (Å²) >= 11 is 5.02. The lowest BCUT2D eigenvalue weighted by Gasteiger charge is -2.22. The molecule has 0 aliphatic heterocycles. The molecule has 0 spiro atoms. The minimum Gasteiger partial charge on any atom is -0.303 e. The Kier molecular flexibility index (Phi) is 5.13. The predicted molar refractivity (Wildman–Crippen MR) is 83.0 cm³/mol. The van der Waals surface area contributed by atoms with Crippen LogP contribution in [0.5, 0.6) is 0 Å². The first-order chi connectivity index (χ1) is 9.11. The van der Waals surface area contributed by atoms with Gasteiger partial charge in [0.05, 0.1) is 0 Å². The Bertz CT molecular complexity index is 527. The molecule has 0 saturated carbocycles. The minimum atomic E-state index is -0.171. The van der Waals surface area contributed by atoms with Crippen molar-refractivity contribution in [1.82, 2.24) is 5.32 Å². The molecule has 1 nitrogen and oxygen atoms in total. The maximum absolute atomic E-state index is 13.9. The lowest BCUT2D eigenvalue weighted by Crippen LogP contribution is -2.24. The largest absolute Gasteiger partial charge is 0.303 e. The Morgan fingerprint density at radius 3 is 2.74 bits per heavy atom. The van der Waals surface area contributed by atoms with E-state index < -0.39 is 0 Å². The maximum Gasteiger partial charge on any atom is 0.129 e. The third-order valence-corrected chi connectivity index (χ3v) is 4.65. The number of rotatable bonds is 5. The van der Waals surface area contributed by atoms with Gasteiger partial charge in [0.15, 0.2) is 0 Å². The molecule has 0 bridgehead atoms. The van der Waals surface area contributed by atoms with E-state index in [1.54, 1.807) is 11.3 Å². The maximum atomic E-state index is 13.9. The van der Waals surface area contributed by atoms with Crippen molar-refractivity contribution in [3.63, 3.8) is 0 Å². The monoisotopic (exact) mass is 341 g/mol. The predicted octanol–water partition coefficient (Wildman–Crippen LogP) is 5.45. The van der Waals surface area contributed by atoms with E-state index in [9.17, 15) is 4.39 Å². The zero-order valence-electron chi connectivity index (χ0n) is 11.0. The first-order valence-electron chi connectivity index (χ1n) is 6.36. The second-order valence-electron chi connectivity index (χ2n) is 4.53. The second kappa shape index (κ2) is 6.64. The summed E-state index contributed by atoms with van der Waals surface area (Å²) in [5.74, 6) is -0.171. The van der Waals surface area contributed by atoms with Crippen molar-refractivity contribution in [2.45, 2.75) is 32.4 Å². The molecule has 1 N–H and O–H groups in total. The highest BCUT2D eigenvalue weighted by Gasteiger charge is 2.17. The zero-order chi connectivity index (χ0) is 13.8. The third kappa shape index (κ3) is 3.65. The molecule has 0 aliphatic carbocycles. The Morgan fingerprint density at radius 2 is 2.16 bits per heavy atom. The van der Waals surface area contributed by atoms with Crippen LogP contribution < -0.4 is 5.32 Å². The van der Waals surface area contributed by atoms with Crippen LogP contribution in [0.4, 0.5) is 4.39 Å². The fraction of sp³-hybridized carbons (Fsp3) is 0.333. The van der Waals surface area contributed by atoms with Crippen LogP contribution >= 0.6 is 27.3 Å². The SMILES string of the molecule is CCC(NC(C)c1ccc(Br)cc1F)c1cccs1. The summed E-state index contributed by atoms with van der Waals surface area (Å²) in [6.45, 7) is 4.14. The molecule has 2 unspecified atom stereocenters. The van der Waals surface area contributed by atoms with Gasteiger partial charge in [-0.1, -0.05) is 35.0 Å². The Morgan fingerprint density at radius 1 is 1.37 bits per heavy atom. The minimum absolute atomic E-state index is 0.0138. The smallest absolute Gasteiger partial charge is 0.129 e. The first-order valence-corrected chi connectivity index (χ1v) is 8.03. The summed E-state index contributed by atoms with van der Waals surface area (Å²) in [5, 5.41) is 5.57. The summed E-state index contributed by atoms with van der Waals surface area (Å²) in [5.41, 5.74) is 0.707. The van der Waals surface area contributed by atoms with E-state index in [-0.39, 0.29) is 17.9 Å². The Hall–Kier alpha value is -0.710. The molecule has 2 aromatic rings. The highest BCUT2D eigenvalue weighted by atomic mass is 79.9. The summed E-state index contributed by atoms with van der Waals surface area (Å²) in [6.07, 6.45) is 0.989. The van der Waals surface area contributed by atoms with E-state index in [2.05, 4.69) is 45.7 Å². The van der Waals surface area contributed by atoms with Gasteiger partial charge in [-0.2, -0.15) is 0 Å². The van der Waals surface area contributed by atoms with E-state index in [1.807, 2.05) is 19.1 Å². The van der Waals surface area contributed by atoms with E-state index in [0.717, 1.165) is 10.9 Å². The van der Waals surface area contributed by atoms with Crippen molar-refractivity contribution in [3.8, 4) is 0 Å². The molecular formula is C15H17BrFNS. The number of hydrogen-bond donors (Lipinski definition) is 1. The molecule has 2 atom stereocenters. The van der Waals surface area contributed by atoms with E-state index in [0.29, 0.717) is 5.56 Å². The fourth-order valence-electron chi connectivity index (χ4n) is 2.13. The van der Waals surface area contributed by atoms with E-state index >= 15 is 0 Å².